The second-order valence-corrected chi connectivity index (χ2v) is 6.94. The van der Waals surface area contributed by atoms with Gasteiger partial charge in [-0.1, -0.05) is 47.5 Å². The highest BCUT2D eigenvalue weighted by atomic mass is 35.5. The van der Waals surface area contributed by atoms with Gasteiger partial charge in [-0.15, -0.1) is 0 Å². The van der Waals surface area contributed by atoms with Gasteiger partial charge < -0.3 is 20.1 Å². The Hall–Kier alpha value is -3.18. The van der Waals surface area contributed by atoms with Crippen LogP contribution in [0.15, 0.2) is 66.7 Å². The molecule has 0 bridgehead atoms. The van der Waals surface area contributed by atoms with E-state index in [9.17, 15) is 4.79 Å². The Morgan fingerprint density at radius 2 is 1.72 bits per heavy atom. The molecule has 29 heavy (non-hydrogen) atoms. The van der Waals surface area contributed by atoms with Crippen LogP contribution >= 0.6 is 11.6 Å². The number of rotatable bonds is 8. The lowest BCUT2D eigenvalue weighted by atomic mass is 10.2. The average molecular weight is 411 g/mol. The number of amides is 1. The molecule has 0 fully saturated rings. The van der Waals surface area contributed by atoms with Crippen LogP contribution < -0.4 is 20.1 Å². The van der Waals surface area contributed by atoms with Gasteiger partial charge in [-0.2, -0.15) is 0 Å². The number of aryl methyl sites for hydroxylation is 1. The molecule has 150 valence electrons. The molecule has 0 saturated heterocycles. The SMILES string of the molecule is COc1cc(CNc2ccc(C)cc2)cc(Cl)c1OCC(=O)Nc1ccccc1. The number of benzene rings is 3. The van der Waals surface area contributed by atoms with Crippen LogP contribution in [0, 0.1) is 6.92 Å². The predicted molar refractivity (Wildman–Crippen MR) is 117 cm³/mol. The highest BCUT2D eigenvalue weighted by Crippen LogP contribution is 2.36. The summed E-state index contributed by atoms with van der Waals surface area (Å²) >= 11 is 6.40. The second kappa shape index (κ2) is 9.85. The molecule has 0 aliphatic heterocycles. The first-order valence-corrected chi connectivity index (χ1v) is 9.57. The Kier molecular flexibility index (Phi) is 6.98. The summed E-state index contributed by atoms with van der Waals surface area (Å²) in [6.07, 6.45) is 0. The van der Waals surface area contributed by atoms with E-state index >= 15 is 0 Å². The summed E-state index contributed by atoms with van der Waals surface area (Å²) in [6.45, 7) is 2.45. The number of ether oxygens (including phenoxy) is 2. The minimum absolute atomic E-state index is 0.175. The first kappa shape index (κ1) is 20.6. The molecule has 6 heteroatoms. The van der Waals surface area contributed by atoms with Crippen molar-refractivity contribution in [1.82, 2.24) is 0 Å². The van der Waals surface area contributed by atoms with Gasteiger partial charge in [0.25, 0.3) is 5.91 Å². The zero-order valence-electron chi connectivity index (χ0n) is 16.4. The molecule has 0 aromatic heterocycles. The molecule has 0 heterocycles. The number of halogens is 1. The van der Waals surface area contributed by atoms with E-state index in [1.54, 1.807) is 25.3 Å². The lowest BCUT2D eigenvalue weighted by molar-refractivity contribution is -0.118. The van der Waals surface area contributed by atoms with E-state index in [0.717, 1.165) is 11.3 Å². The first-order valence-electron chi connectivity index (χ1n) is 9.20. The van der Waals surface area contributed by atoms with Crippen molar-refractivity contribution in [3.8, 4) is 11.5 Å². The van der Waals surface area contributed by atoms with Crippen LogP contribution in [0.1, 0.15) is 11.1 Å². The van der Waals surface area contributed by atoms with Crippen molar-refractivity contribution in [3.63, 3.8) is 0 Å². The highest BCUT2D eigenvalue weighted by molar-refractivity contribution is 6.32. The maximum atomic E-state index is 12.1. The molecule has 0 aliphatic carbocycles. The topological polar surface area (TPSA) is 59.6 Å². The summed E-state index contributed by atoms with van der Waals surface area (Å²) < 4.78 is 11.1. The Morgan fingerprint density at radius 3 is 2.41 bits per heavy atom. The smallest absolute Gasteiger partial charge is 0.262 e. The molecule has 3 aromatic carbocycles. The van der Waals surface area contributed by atoms with E-state index in [4.69, 9.17) is 21.1 Å². The molecular formula is C23H23ClN2O3. The third kappa shape index (κ3) is 5.90. The number of nitrogens with one attached hydrogen (secondary N) is 2. The van der Waals surface area contributed by atoms with Gasteiger partial charge in [-0.05, 0) is 48.9 Å². The standard InChI is InChI=1S/C23H23ClN2O3/c1-16-8-10-18(11-9-16)25-14-17-12-20(24)23(21(13-17)28-2)29-15-22(27)26-19-6-4-3-5-7-19/h3-13,25H,14-15H2,1-2H3,(H,26,27). The zero-order chi connectivity index (χ0) is 20.6. The lowest BCUT2D eigenvalue weighted by Gasteiger charge is -2.15. The molecular weight excluding hydrogens is 388 g/mol. The molecule has 0 unspecified atom stereocenters. The van der Waals surface area contributed by atoms with Gasteiger partial charge in [0.2, 0.25) is 0 Å². The van der Waals surface area contributed by atoms with Crippen LogP contribution in [0.2, 0.25) is 5.02 Å². The van der Waals surface area contributed by atoms with Gasteiger partial charge in [0.05, 0.1) is 12.1 Å². The van der Waals surface area contributed by atoms with Crippen molar-refractivity contribution < 1.29 is 14.3 Å². The summed E-state index contributed by atoms with van der Waals surface area (Å²) in [5.74, 6) is 0.543. The van der Waals surface area contributed by atoms with Crippen molar-refractivity contribution in [3.05, 3.63) is 82.9 Å². The van der Waals surface area contributed by atoms with Gasteiger partial charge in [-0.3, -0.25) is 4.79 Å². The van der Waals surface area contributed by atoms with E-state index in [0.29, 0.717) is 28.8 Å². The van der Waals surface area contributed by atoms with Crippen LogP contribution in [0.3, 0.4) is 0 Å². The quantitative estimate of drug-likeness (QED) is 0.530. The summed E-state index contributed by atoms with van der Waals surface area (Å²) in [5, 5.41) is 6.50. The fraction of sp³-hybridized carbons (Fsp3) is 0.174. The lowest BCUT2D eigenvalue weighted by Crippen LogP contribution is -2.20. The van der Waals surface area contributed by atoms with E-state index < -0.39 is 0 Å². The number of carbonyl (C=O) groups is 1. The van der Waals surface area contributed by atoms with Crippen molar-refractivity contribution in [1.29, 1.82) is 0 Å². The number of hydrogen-bond donors (Lipinski definition) is 2. The van der Waals surface area contributed by atoms with Crippen LogP contribution in [0.5, 0.6) is 11.5 Å². The summed E-state index contributed by atoms with van der Waals surface area (Å²) in [4.78, 5) is 12.1. The Morgan fingerprint density at radius 1 is 1.00 bits per heavy atom. The summed E-state index contributed by atoms with van der Waals surface area (Å²) in [5.41, 5.74) is 3.87. The minimum atomic E-state index is -0.278. The van der Waals surface area contributed by atoms with Crippen molar-refractivity contribution in [2.75, 3.05) is 24.4 Å². The molecule has 5 nitrogen and oxygen atoms in total. The fourth-order valence-electron chi connectivity index (χ4n) is 2.75. The molecule has 0 saturated carbocycles. The van der Waals surface area contributed by atoms with Crippen LogP contribution in [0.4, 0.5) is 11.4 Å². The number of anilines is 2. The number of para-hydroxylation sites is 1. The van der Waals surface area contributed by atoms with Crippen LogP contribution in [-0.4, -0.2) is 19.6 Å². The molecule has 0 radical (unpaired) electrons. The average Bonchev–Trinajstić information content (AvgIpc) is 2.73. The molecule has 3 aromatic rings. The third-order valence-electron chi connectivity index (χ3n) is 4.24. The highest BCUT2D eigenvalue weighted by Gasteiger charge is 2.14. The third-order valence-corrected chi connectivity index (χ3v) is 4.52. The van der Waals surface area contributed by atoms with Crippen LogP contribution in [-0.2, 0) is 11.3 Å². The van der Waals surface area contributed by atoms with E-state index in [2.05, 4.69) is 10.6 Å². The van der Waals surface area contributed by atoms with Gasteiger partial charge in [0.1, 0.15) is 0 Å². The number of hydrogen-bond acceptors (Lipinski definition) is 4. The van der Waals surface area contributed by atoms with E-state index in [-0.39, 0.29) is 12.5 Å². The maximum absolute atomic E-state index is 12.1. The zero-order valence-corrected chi connectivity index (χ0v) is 17.1. The molecule has 0 atom stereocenters. The molecule has 3 rings (SSSR count). The Bertz CT molecular complexity index is 960. The summed E-state index contributed by atoms with van der Waals surface area (Å²) in [6, 6.07) is 21.0. The number of carbonyl (C=O) groups excluding carboxylic acids is 1. The monoisotopic (exact) mass is 410 g/mol. The van der Waals surface area contributed by atoms with Crippen molar-refractivity contribution >= 4 is 28.9 Å². The minimum Gasteiger partial charge on any atom is -0.493 e. The molecule has 0 aliphatic rings. The van der Waals surface area contributed by atoms with Gasteiger partial charge in [0.15, 0.2) is 18.1 Å². The summed E-state index contributed by atoms with van der Waals surface area (Å²) in [7, 11) is 1.54. The first-order chi connectivity index (χ1) is 14.0. The fourth-order valence-corrected chi connectivity index (χ4v) is 3.04. The molecule has 1 amide bonds. The van der Waals surface area contributed by atoms with Gasteiger partial charge in [-0.25, -0.2) is 0 Å². The Labute approximate surface area is 175 Å². The van der Waals surface area contributed by atoms with Gasteiger partial charge >= 0.3 is 0 Å². The maximum Gasteiger partial charge on any atom is 0.262 e. The van der Waals surface area contributed by atoms with E-state index in [1.165, 1.54) is 5.56 Å². The van der Waals surface area contributed by atoms with E-state index in [1.807, 2.05) is 55.5 Å². The second-order valence-electron chi connectivity index (χ2n) is 6.53. The largest absolute Gasteiger partial charge is 0.493 e. The molecule has 0 spiro atoms. The normalized spacial score (nSPS) is 10.3. The van der Waals surface area contributed by atoms with Crippen molar-refractivity contribution in [2.24, 2.45) is 0 Å². The van der Waals surface area contributed by atoms with Crippen LogP contribution in [0.25, 0.3) is 0 Å². The Balaban J connectivity index is 1.63. The predicted octanol–water partition coefficient (Wildman–Crippen LogP) is 5.29. The molecule has 2 N–H and O–H groups in total. The van der Waals surface area contributed by atoms with Gasteiger partial charge in [0, 0.05) is 17.9 Å². The van der Waals surface area contributed by atoms with Crippen molar-refractivity contribution in [2.45, 2.75) is 13.5 Å². The number of methoxy groups -OCH3 is 1.